The zero-order valence-corrected chi connectivity index (χ0v) is 27.5. The molecule has 4 atom stereocenters. The lowest BCUT2D eigenvalue weighted by atomic mass is 10.0. The topological polar surface area (TPSA) is 214 Å². The number of hydrogen-bond donors (Lipinski definition) is 7. The highest BCUT2D eigenvalue weighted by atomic mass is 16.5. The number of carboxylic acid groups (broad SMARTS) is 3. The summed E-state index contributed by atoms with van der Waals surface area (Å²) >= 11 is 0. The summed E-state index contributed by atoms with van der Waals surface area (Å²) in [7, 11) is 3.06. The SMILES string of the molecule is CC(C)C(N)C(=O)O.CC(C)CC(N)C(=O)O.CNC(CC(C)C)C(=O)O.COC(=O)C(C)Nc1ccc2ccccc2c1. The molecule has 12 heteroatoms. The molecular weight excluding hydrogens is 568 g/mol. The van der Waals surface area contributed by atoms with Gasteiger partial charge in [0.05, 0.1) is 7.11 Å². The Hall–Kier alpha value is -3.74. The first-order valence-electron chi connectivity index (χ1n) is 14.6. The number of methoxy groups -OCH3 is 1. The van der Waals surface area contributed by atoms with Crippen molar-refractivity contribution in [3.8, 4) is 0 Å². The van der Waals surface area contributed by atoms with Crippen LogP contribution in [0.5, 0.6) is 0 Å². The number of carbonyl (C=O) groups is 4. The van der Waals surface area contributed by atoms with Crippen LogP contribution in [0.25, 0.3) is 10.8 Å². The standard InChI is InChI=1S/C14H15NO2.C7H15NO2.C6H13NO2.C5H11NO2/c1-10(14(16)17-2)15-13-8-7-11-5-3-4-6-12(11)9-13;1-5(2)4-6(8-3)7(9)10;1-4(2)3-5(7)6(8)9;1-3(2)4(6)5(7)8/h3-10,15H,1-2H3;5-6,8H,4H2,1-3H3,(H,9,10);4-5H,3,7H2,1-2H3,(H,8,9);3-4H,6H2,1-2H3,(H,7,8). The first-order chi connectivity index (χ1) is 20.4. The van der Waals surface area contributed by atoms with Gasteiger partial charge in [0.25, 0.3) is 0 Å². The second-order valence-corrected chi connectivity index (χ2v) is 11.4. The van der Waals surface area contributed by atoms with E-state index >= 15 is 0 Å². The summed E-state index contributed by atoms with van der Waals surface area (Å²) in [6, 6.07) is 12.0. The molecule has 0 aliphatic heterocycles. The van der Waals surface area contributed by atoms with Gasteiger partial charge in [-0.25, -0.2) is 4.79 Å². The monoisotopic (exact) mass is 622 g/mol. The van der Waals surface area contributed by atoms with Crippen LogP contribution >= 0.6 is 0 Å². The number of aliphatic carboxylic acids is 3. The Morgan fingerprint density at radius 1 is 0.773 bits per heavy atom. The number of rotatable bonds is 12. The van der Waals surface area contributed by atoms with E-state index in [1.165, 1.54) is 12.5 Å². The number of esters is 1. The molecule has 0 saturated carbocycles. The summed E-state index contributed by atoms with van der Waals surface area (Å²) in [6.07, 6.45) is 1.24. The van der Waals surface area contributed by atoms with E-state index in [-0.39, 0.29) is 24.0 Å². The number of likely N-dealkylation sites (N-methyl/N-ethyl adjacent to an activating group) is 1. The lowest BCUT2D eigenvalue weighted by Gasteiger charge is -2.13. The fourth-order valence-corrected chi connectivity index (χ4v) is 3.47. The first kappa shape index (κ1) is 42.4. The van der Waals surface area contributed by atoms with Gasteiger partial charge >= 0.3 is 23.9 Å². The number of hydrogen-bond acceptors (Lipinski definition) is 9. The maximum absolute atomic E-state index is 11.3. The minimum Gasteiger partial charge on any atom is -0.480 e. The summed E-state index contributed by atoms with van der Waals surface area (Å²) in [6.45, 7) is 13.2. The predicted octanol–water partition coefficient (Wildman–Crippen LogP) is 4.02. The Kier molecular flexibility index (Phi) is 21.9. The van der Waals surface area contributed by atoms with E-state index in [9.17, 15) is 19.2 Å². The highest BCUT2D eigenvalue weighted by molar-refractivity contribution is 5.87. The molecule has 4 unspecified atom stereocenters. The molecule has 0 aliphatic rings. The molecule has 0 saturated heterocycles. The zero-order valence-electron chi connectivity index (χ0n) is 27.5. The molecule has 0 fully saturated rings. The molecule has 0 aromatic heterocycles. The van der Waals surface area contributed by atoms with E-state index < -0.39 is 30.0 Å². The summed E-state index contributed by atoms with van der Waals surface area (Å²) in [5, 5.41) is 33.3. The van der Waals surface area contributed by atoms with Crippen molar-refractivity contribution in [1.29, 1.82) is 0 Å². The van der Waals surface area contributed by atoms with Crippen LogP contribution in [0.4, 0.5) is 5.69 Å². The molecule has 250 valence electrons. The Bertz CT molecular complexity index is 1140. The molecule has 0 spiro atoms. The third-order valence-corrected chi connectivity index (χ3v) is 6.09. The normalized spacial score (nSPS) is 13.1. The molecular formula is C32H54N4O8. The van der Waals surface area contributed by atoms with E-state index in [1.807, 2.05) is 64.1 Å². The number of benzene rings is 2. The number of nitrogens with one attached hydrogen (secondary N) is 2. The van der Waals surface area contributed by atoms with Gasteiger partial charge < -0.3 is 42.2 Å². The van der Waals surface area contributed by atoms with Crippen LogP contribution in [-0.2, 0) is 23.9 Å². The van der Waals surface area contributed by atoms with E-state index in [1.54, 1.807) is 27.8 Å². The quantitative estimate of drug-likeness (QED) is 0.167. The van der Waals surface area contributed by atoms with E-state index in [4.69, 9.17) is 26.8 Å². The van der Waals surface area contributed by atoms with Crippen molar-refractivity contribution in [2.45, 2.75) is 85.5 Å². The number of nitrogens with two attached hydrogens (primary N) is 2. The second kappa shape index (κ2) is 22.8. The van der Waals surface area contributed by atoms with Crippen molar-refractivity contribution in [1.82, 2.24) is 5.32 Å². The third kappa shape index (κ3) is 19.4. The van der Waals surface area contributed by atoms with Crippen LogP contribution in [0.1, 0.15) is 61.3 Å². The van der Waals surface area contributed by atoms with Crippen LogP contribution in [0.15, 0.2) is 42.5 Å². The highest BCUT2D eigenvalue weighted by Crippen LogP contribution is 2.19. The van der Waals surface area contributed by atoms with E-state index in [2.05, 4.69) is 21.4 Å². The lowest BCUT2D eigenvalue weighted by Crippen LogP contribution is -2.34. The maximum Gasteiger partial charge on any atom is 0.327 e. The minimum absolute atomic E-state index is 0.0208. The van der Waals surface area contributed by atoms with E-state index in [0.29, 0.717) is 24.7 Å². The molecule has 0 aliphatic carbocycles. The van der Waals surface area contributed by atoms with Gasteiger partial charge in [-0.15, -0.1) is 0 Å². The summed E-state index contributed by atoms with van der Waals surface area (Å²) in [4.78, 5) is 41.8. The number of ether oxygens (including phenoxy) is 1. The van der Waals surface area contributed by atoms with Gasteiger partial charge in [0, 0.05) is 5.69 Å². The minimum atomic E-state index is -0.931. The number of carboxylic acids is 3. The van der Waals surface area contributed by atoms with Crippen LogP contribution in [-0.4, -0.2) is 77.5 Å². The number of fused-ring (bicyclic) bond motifs is 1. The molecule has 44 heavy (non-hydrogen) atoms. The summed E-state index contributed by atoms with van der Waals surface area (Å²) in [5.74, 6) is -2.07. The van der Waals surface area contributed by atoms with E-state index in [0.717, 1.165) is 11.1 Å². The first-order valence-corrected chi connectivity index (χ1v) is 14.6. The lowest BCUT2D eigenvalue weighted by molar-refractivity contribution is -0.141. The second-order valence-electron chi connectivity index (χ2n) is 11.4. The Balaban J connectivity index is 0. The summed E-state index contributed by atoms with van der Waals surface area (Å²) in [5.41, 5.74) is 11.3. The van der Waals surface area contributed by atoms with Crippen molar-refractivity contribution < 1.29 is 39.2 Å². The Labute approximate surface area is 261 Å². The maximum atomic E-state index is 11.3. The van der Waals surface area contributed by atoms with Gasteiger partial charge in [0.2, 0.25) is 0 Å². The molecule has 2 aromatic rings. The predicted molar refractivity (Wildman–Crippen MR) is 175 cm³/mol. The molecule has 0 amide bonds. The van der Waals surface area contributed by atoms with Gasteiger partial charge in [-0.05, 0) is 67.5 Å². The third-order valence-electron chi connectivity index (χ3n) is 6.09. The van der Waals surface area contributed by atoms with Gasteiger partial charge in [0.15, 0.2) is 0 Å². The largest absolute Gasteiger partial charge is 0.480 e. The zero-order chi connectivity index (χ0) is 34.6. The molecule has 2 aromatic carbocycles. The highest BCUT2D eigenvalue weighted by Gasteiger charge is 2.16. The van der Waals surface area contributed by atoms with Gasteiger partial charge in [-0.1, -0.05) is 71.9 Å². The van der Waals surface area contributed by atoms with Crippen molar-refractivity contribution in [3.05, 3.63) is 42.5 Å². The molecule has 12 nitrogen and oxygen atoms in total. The Morgan fingerprint density at radius 2 is 1.30 bits per heavy atom. The fourth-order valence-electron chi connectivity index (χ4n) is 3.47. The average molecular weight is 623 g/mol. The van der Waals surface area contributed by atoms with Crippen LogP contribution in [0.2, 0.25) is 0 Å². The van der Waals surface area contributed by atoms with Crippen LogP contribution in [0, 0.1) is 17.8 Å². The van der Waals surface area contributed by atoms with Crippen LogP contribution < -0.4 is 22.1 Å². The smallest absolute Gasteiger partial charge is 0.327 e. The summed E-state index contributed by atoms with van der Waals surface area (Å²) < 4.78 is 4.67. The molecule has 0 bridgehead atoms. The van der Waals surface area contributed by atoms with Gasteiger partial charge in [-0.3, -0.25) is 14.4 Å². The van der Waals surface area contributed by atoms with Crippen molar-refractivity contribution in [3.63, 3.8) is 0 Å². The molecule has 2 rings (SSSR count). The molecule has 0 radical (unpaired) electrons. The fraction of sp³-hybridized carbons (Fsp3) is 0.562. The van der Waals surface area contributed by atoms with Gasteiger partial charge in [-0.2, -0.15) is 0 Å². The average Bonchev–Trinajstić information content (AvgIpc) is 2.95. The van der Waals surface area contributed by atoms with Crippen LogP contribution in [0.3, 0.4) is 0 Å². The Morgan fingerprint density at radius 3 is 1.61 bits per heavy atom. The van der Waals surface area contributed by atoms with Crippen molar-refractivity contribution in [2.75, 3.05) is 19.5 Å². The van der Waals surface area contributed by atoms with Gasteiger partial charge in [0.1, 0.15) is 24.2 Å². The molecule has 0 heterocycles. The van der Waals surface area contributed by atoms with Crippen molar-refractivity contribution >= 4 is 40.3 Å². The number of anilines is 1. The van der Waals surface area contributed by atoms with Crippen molar-refractivity contribution in [2.24, 2.45) is 29.2 Å². The molecule has 9 N–H and O–H groups in total. The number of carbonyl (C=O) groups excluding carboxylic acids is 1.